The number of anilines is 1. The van der Waals surface area contributed by atoms with E-state index in [1.54, 1.807) is 18.2 Å². The van der Waals surface area contributed by atoms with Crippen LogP contribution in [0, 0.1) is 19.7 Å². The van der Waals surface area contributed by atoms with Crippen LogP contribution in [0.15, 0.2) is 72.8 Å². The van der Waals surface area contributed by atoms with E-state index in [9.17, 15) is 22.4 Å². The van der Waals surface area contributed by atoms with E-state index in [1.807, 2.05) is 63.2 Å². The van der Waals surface area contributed by atoms with Crippen molar-refractivity contribution in [3.8, 4) is 0 Å². The van der Waals surface area contributed by atoms with Crippen molar-refractivity contribution >= 4 is 27.5 Å². The van der Waals surface area contributed by atoms with Crippen molar-refractivity contribution in [2.75, 3.05) is 23.7 Å². The molecule has 0 unspecified atom stereocenters. The highest BCUT2D eigenvalue weighted by Crippen LogP contribution is 2.23. The number of carbonyl (C=O) groups excluding carboxylic acids is 2. The molecule has 2 amide bonds. The number of amides is 2. The predicted octanol–water partition coefficient (Wildman–Crippen LogP) is 4.76. The Bertz CT molecular complexity index is 1400. The summed E-state index contributed by atoms with van der Waals surface area (Å²) in [5.74, 6) is -0.960. The van der Waals surface area contributed by atoms with E-state index < -0.39 is 21.9 Å². The van der Waals surface area contributed by atoms with E-state index in [0.29, 0.717) is 24.2 Å². The Balaban J connectivity index is 1.86. The van der Waals surface area contributed by atoms with Gasteiger partial charge in [-0.15, -0.1) is 0 Å². The molecule has 3 aromatic carbocycles. The minimum atomic E-state index is -3.59. The number of rotatable bonds is 13. The van der Waals surface area contributed by atoms with Gasteiger partial charge in [0.1, 0.15) is 11.9 Å². The quantitative estimate of drug-likeness (QED) is 0.323. The second-order valence-electron chi connectivity index (χ2n) is 9.96. The van der Waals surface area contributed by atoms with Gasteiger partial charge in [0.2, 0.25) is 21.8 Å². The molecule has 0 aliphatic rings. The fraction of sp³-hybridized carbons (Fsp3) is 0.355. The number of hydrogen-bond donors (Lipinski definition) is 1. The molecule has 0 aromatic heterocycles. The van der Waals surface area contributed by atoms with Gasteiger partial charge in [-0.25, -0.2) is 12.8 Å². The molecule has 1 N–H and O–H groups in total. The summed E-state index contributed by atoms with van der Waals surface area (Å²) in [6, 6.07) is 19.9. The third-order valence-electron chi connectivity index (χ3n) is 6.82. The monoisotopic (exact) mass is 567 g/mol. The van der Waals surface area contributed by atoms with Gasteiger partial charge in [-0.05, 0) is 73.7 Å². The lowest BCUT2D eigenvalue weighted by molar-refractivity contribution is -0.141. The van der Waals surface area contributed by atoms with Crippen LogP contribution >= 0.6 is 0 Å². The summed E-state index contributed by atoms with van der Waals surface area (Å²) in [6.45, 7) is 6.32. The molecule has 0 radical (unpaired) electrons. The second-order valence-corrected chi connectivity index (χ2v) is 11.9. The van der Waals surface area contributed by atoms with Crippen LogP contribution in [0.25, 0.3) is 0 Å². The molecule has 9 heteroatoms. The maximum atomic E-state index is 13.7. The zero-order valence-corrected chi connectivity index (χ0v) is 24.4. The lowest BCUT2D eigenvalue weighted by Gasteiger charge is -2.32. The van der Waals surface area contributed by atoms with Crippen LogP contribution in [-0.4, -0.2) is 50.5 Å². The van der Waals surface area contributed by atoms with Gasteiger partial charge in [0.15, 0.2) is 0 Å². The van der Waals surface area contributed by atoms with E-state index in [1.165, 1.54) is 21.3 Å². The molecule has 0 aliphatic carbocycles. The third-order valence-corrected chi connectivity index (χ3v) is 8.01. The zero-order valence-electron chi connectivity index (χ0n) is 23.6. The van der Waals surface area contributed by atoms with Crippen LogP contribution in [0.4, 0.5) is 10.1 Å². The number of benzene rings is 3. The zero-order chi connectivity index (χ0) is 29.3. The maximum absolute atomic E-state index is 13.7. The fourth-order valence-electron chi connectivity index (χ4n) is 4.52. The summed E-state index contributed by atoms with van der Waals surface area (Å²) in [5, 5.41) is 2.84. The van der Waals surface area contributed by atoms with Crippen molar-refractivity contribution in [2.45, 2.75) is 52.6 Å². The topological polar surface area (TPSA) is 86.8 Å². The first-order chi connectivity index (χ1) is 19.0. The molecule has 7 nitrogen and oxygen atoms in total. The molecule has 1 atom stereocenters. The van der Waals surface area contributed by atoms with Crippen molar-refractivity contribution in [2.24, 2.45) is 0 Å². The van der Waals surface area contributed by atoms with Crippen molar-refractivity contribution in [1.82, 2.24) is 10.2 Å². The van der Waals surface area contributed by atoms with Crippen LogP contribution in [0.1, 0.15) is 42.0 Å². The second kappa shape index (κ2) is 14.1. The number of hydrogen-bond acceptors (Lipinski definition) is 4. The Hall–Kier alpha value is -3.72. The number of nitrogens with zero attached hydrogens (tertiary/aromatic N) is 2. The van der Waals surface area contributed by atoms with E-state index >= 15 is 0 Å². The molecule has 3 rings (SSSR count). The third kappa shape index (κ3) is 8.64. The molecular weight excluding hydrogens is 529 g/mol. The van der Waals surface area contributed by atoms with Gasteiger partial charge in [-0.2, -0.15) is 0 Å². The van der Waals surface area contributed by atoms with E-state index in [0.717, 1.165) is 22.9 Å². The first-order valence-electron chi connectivity index (χ1n) is 13.4. The summed E-state index contributed by atoms with van der Waals surface area (Å²) in [4.78, 5) is 28.5. The number of halogens is 1. The van der Waals surface area contributed by atoms with Crippen molar-refractivity contribution in [3.63, 3.8) is 0 Å². The summed E-state index contributed by atoms with van der Waals surface area (Å²) in [7, 11) is -3.59. The van der Waals surface area contributed by atoms with Gasteiger partial charge in [0.25, 0.3) is 0 Å². The lowest BCUT2D eigenvalue weighted by atomic mass is 10.0. The van der Waals surface area contributed by atoms with Crippen molar-refractivity contribution in [1.29, 1.82) is 0 Å². The molecule has 0 aliphatic heterocycles. The van der Waals surface area contributed by atoms with Gasteiger partial charge in [-0.1, -0.05) is 48.5 Å². The highest BCUT2D eigenvalue weighted by molar-refractivity contribution is 7.92. The normalized spacial score (nSPS) is 12.0. The maximum Gasteiger partial charge on any atom is 0.243 e. The van der Waals surface area contributed by atoms with Crippen LogP contribution in [0.3, 0.4) is 0 Å². The number of carbonyl (C=O) groups is 2. The molecule has 40 heavy (non-hydrogen) atoms. The molecule has 0 saturated carbocycles. The largest absolute Gasteiger partial charge is 0.355 e. The smallest absolute Gasteiger partial charge is 0.243 e. The molecule has 0 saturated heterocycles. The lowest BCUT2D eigenvalue weighted by Crippen LogP contribution is -2.50. The molecule has 0 spiro atoms. The van der Waals surface area contributed by atoms with Gasteiger partial charge in [-0.3, -0.25) is 13.9 Å². The predicted molar refractivity (Wildman–Crippen MR) is 157 cm³/mol. The van der Waals surface area contributed by atoms with E-state index in [-0.39, 0.29) is 37.7 Å². The minimum absolute atomic E-state index is 0.0305. The van der Waals surface area contributed by atoms with Crippen molar-refractivity contribution < 1.29 is 22.4 Å². The molecule has 0 heterocycles. The first-order valence-corrected chi connectivity index (χ1v) is 15.2. The SMILES string of the molecule is CCNC(=O)[C@@H](Cc1ccccc1)N(Cc1ccc(F)cc1)C(=O)CCCN(c1ccc(C)c(C)c1)S(C)(=O)=O. The van der Waals surface area contributed by atoms with Crippen LogP contribution < -0.4 is 9.62 Å². The average Bonchev–Trinajstić information content (AvgIpc) is 2.91. The average molecular weight is 568 g/mol. The van der Waals surface area contributed by atoms with E-state index in [2.05, 4.69) is 5.32 Å². The Morgan fingerprint density at radius 2 is 1.60 bits per heavy atom. The number of likely N-dealkylation sites (N-methyl/N-ethyl adjacent to an activating group) is 1. The van der Waals surface area contributed by atoms with Gasteiger partial charge >= 0.3 is 0 Å². The summed E-state index contributed by atoms with van der Waals surface area (Å²) >= 11 is 0. The molecule has 214 valence electrons. The molecule has 0 fully saturated rings. The highest BCUT2D eigenvalue weighted by Gasteiger charge is 2.30. The number of nitrogens with one attached hydrogen (secondary N) is 1. The highest BCUT2D eigenvalue weighted by atomic mass is 32.2. The molecule has 3 aromatic rings. The van der Waals surface area contributed by atoms with Crippen molar-refractivity contribution in [3.05, 3.63) is 101 Å². The molecular formula is C31H38FN3O4S. The Morgan fingerprint density at radius 3 is 2.20 bits per heavy atom. The summed E-state index contributed by atoms with van der Waals surface area (Å²) < 4.78 is 40.1. The number of aryl methyl sites for hydroxylation is 2. The Morgan fingerprint density at radius 1 is 0.925 bits per heavy atom. The first kappa shape index (κ1) is 30.8. The van der Waals surface area contributed by atoms with Crippen LogP contribution in [0.2, 0.25) is 0 Å². The Kier molecular flexibility index (Phi) is 10.8. The Labute approximate surface area is 237 Å². The number of sulfonamides is 1. The molecule has 0 bridgehead atoms. The van der Waals surface area contributed by atoms with Gasteiger partial charge in [0.05, 0.1) is 11.9 Å². The summed E-state index contributed by atoms with van der Waals surface area (Å²) in [5.41, 5.74) is 4.15. The summed E-state index contributed by atoms with van der Waals surface area (Å²) in [6.07, 6.45) is 1.74. The minimum Gasteiger partial charge on any atom is -0.355 e. The van der Waals surface area contributed by atoms with Crippen LogP contribution in [-0.2, 0) is 32.6 Å². The van der Waals surface area contributed by atoms with Gasteiger partial charge in [0, 0.05) is 32.5 Å². The van der Waals surface area contributed by atoms with Gasteiger partial charge < -0.3 is 10.2 Å². The van der Waals surface area contributed by atoms with Crippen LogP contribution in [0.5, 0.6) is 0 Å². The standard InChI is InChI=1S/C31H38FN3O4S/c1-5-33-31(37)29(21-25-10-7-6-8-11-25)34(22-26-14-16-27(32)17-15-26)30(36)12-9-19-35(40(4,38)39)28-18-13-23(2)24(3)20-28/h6-8,10-11,13-18,20,29H,5,9,12,19,21-22H2,1-4H3,(H,33,37)/t29-/m1/s1. The van der Waals surface area contributed by atoms with E-state index in [4.69, 9.17) is 0 Å². The fourth-order valence-corrected chi connectivity index (χ4v) is 5.47.